The van der Waals surface area contributed by atoms with Crippen molar-refractivity contribution in [1.82, 2.24) is 0 Å². The first-order valence-electron chi connectivity index (χ1n) is 5.80. The molecule has 82 valence electrons. The molecule has 0 radical (unpaired) electrons. The number of nitrogens with two attached hydrogens (primary N) is 1. The third-order valence-electron chi connectivity index (χ3n) is 3.49. The first-order valence-corrected chi connectivity index (χ1v) is 5.80. The molecule has 2 N–H and O–H groups in total. The highest BCUT2D eigenvalue weighted by Crippen LogP contribution is 2.31. The Hall–Kier alpha value is -0.120. The molecule has 1 aliphatic carbocycles. The largest absolute Gasteiger partial charge is 0.381 e. The Morgan fingerprint density at radius 1 is 1.21 bits per heavy atom. The smallest absolute Gasteiger partial charge is 0.0851 e. The lowest BCUT2D eigenvalue weighted by atomic mass is 9.94. The molecule has 0 amide bonds. The second-order valence-electron chi connectivity index (χ2n) is 4.52. The van der Waals surface area contributed by atoms with Crippen molar-refractivity contribution in [3.8, 4) is 0 Å². The predicted octanol–water partition coefficient (Wildman–Crippen LogP) is 1.45. The average molecular weight is 199 g/mol. The van der Waals surface area contributed by atoms with Crippen LogP contribution in [-0.4, -0.2) is 31.5 Å². The minimum Gasteiger partial charge on any atom is -0.381 e. The highest BCUT2D eigenvalue weighted by Gasteiger charge is 2.35. The zero-order chi connectivity index (χ0) is 9.86. The molecule has 0 unspecified atom stereocenters. The van der Waals surface area contributed by atoms with Crippen LogP contribution in [0.2, 0.25) is 0 Å². The first-order chi connectivity index (χ1) is 6.85. The van der Waals surface area contributed by atoms with Crippen LogP contribution in [0.3, 0.4) is 0 Å². The molecule has 0 aromatic heterocycles. The van der Waals surface area contributed by atoms with Crippen LogP contribution in [0.25, 0.3) is 0 Å². The highest BCUT2D eigenvalue weighted by atomic mass is 16.5. The summed E-state index contributed by atoms with van der Waals surface area (Å²) in [5.74, 6) is 0. The molecular weight excluding hydrogens is 178 g/mol. The Balaban J connectivity index is 1.89. The molecule has 0 spiro atoms. The fourth-order valence-corrected chi connectivity index (χ4v) is 2.47. The van der Waals surface area contributed by atoms with E-state index in [-0.39, 0.29) is 5.60 Å². The maximum atomic E-state index is 6.18. The van der Waals surface area contributed by atoms with E-state index in [0.29, 0.717) is 12.6 Å². The van der Waals surface area contributed by atoms with E-state index in [1.165, 1.54) is 25.7 Å². The Morgan fingerprint density at radius 2 is 1.86 bits per heavy atom. The fourth-order valence-electron chi connectivity index (χ4n) is 2.47. The third-order valence-corrected chi connectivity index (χ3v) is 3.49. The summed E-state index contributed by atoms with van der Waals surface area (Å²) >= 11 is 0. The second kappa shape index (κ2) is 4.60. The van der Waals surface area contributed by atoms with Gasteiger partial charge in [-0.25, -0.2) is 0 Å². The van der Waals surface area contributed by atoms with Crippen LogP contribution in [0.1, 0.15) is 38.5 Å². The monoisotopic (exact) mass is 199 g/mol. The summed E-state index contributed by atoms with van der Waals surface area (Å²) in [5, 5.41) is 0. The predicted molar refractivity (Wildman–Crippen MR) is 55.2 cm³/mol. The Bertz CT molecular complexity index is 172. The van der Waals surface area contributed by atoms with Gasteiger partial charge in [-0.15, -0.1) is 0 Å². The number of ether oxygens (including phenoxy) is 2. The third kappa shape index (κ3) is 2.27. The van der Waals surface area contributed by atoms with E-state index in [1.807, 2.05) is 0 Å². The average Bonchev–Trinajstić information content (AvgIpc) is 2.72. The molecule has 3 heteroatoms. The highest BCUT2D eigenvalue weighted by molar-refractivity contribution is 4.86. The van der Waals surface area contributed by atoms with E-state index in [9.17, 15) is 0 Å². The van der Waals surface area contributed by atoms with Crippen molar-refractivity contribution in [1.29, 1.82) is 0 Å². The topological polar surface area (TPSA) is 44.5 Å². The van der Waals surface area contributed by atoms with Crippen LogP contribution < -0.4 is 5.73 Å². The van der Waals surface area contributed by atoms with Crippen molar-refractivity contribution in [2.24, 2.45) is 5.73 Å². The van der Waals surface area contributed by atoms with Gasteiger partial charge in [0.1, 0.15) is 0 Å². The van der Waals surface area contributed by atoms with Crippen LogP contribution >= 0.6 is 0 Å². The van der Waals surface area contributed by atoms with Crippen LogP contribution in [-0.2, 0) is 9.47 Å². The lowest BCUT2D eigenvalue weighted by Crippen LogP contribution is -2.47. The number of rotatable bonds is 3. The summed E-state index contributed by atoms with van der Waals surface area (Å²) in [7, 11) is 0. The Labute approximate surface area is 85.9 Å². The molecule has 2 fully saturated rings. The SMILES string of the molecule is NCC1(OC2CCCC2)CCOCC1. The lowest BCUT2D eigenvalue weighted by molar-refractivity contribution is -0.135. The first kappa shape index (κ1) is 10.4. The molecule has 0 aromatic carbocycles. The molecule has 1 heterocycles. The fraction of sp³-hybridized carbons (Fsp3) is 1.00. The van der Waals surface area contributed by atoms with Gasteiger partial charge in [0.15, 0.2) is 0 Å². The quantitative estimate of drug-likeness (QED) is 0.748. The van der Waals surface area contributed by atoms with Gasteiger partial charge in [-0.05, 0) is 12.8 Å². The van der Waals surface area contributed by atoms with E-state index in [2.05, 4.69) is 0 Å². The van der Waals surface area contributed by atoms with Gasteiger partial charge in [0.05, 0.1) is 11.7 Å². The molecule has 1 saturated carbocycles. The van der Waals surface area contributed by atoms with Crippen LogP contribution in [0.15, 0.2) is 0 Å². The van der Waals surface area contributed by atoms with E-state index < -0.39 is 0 Å². The van der Waals surface area contributed by atoms with Gasteiger partial charge in [0.2, 0.25) is 0 Å². The van der Waals surface area contributed by atoms with Gasteiger partial charge >= 0.3 is 0 Å². The maximum Gasteiger partial charge on any atom is 0.0851 e. The maximum absolute atomic E-state index is 6.18. The van der Waals surface area contributed by atoms with Crippen molar-refractivity contribution in [3.05, 3.63) is 0 Å². The zero-order valence-electron chi connectivity index (χ0n) is 8.84. The van der Waals surface area contributed by atoms with Gasteiger partial charge in [-0.2, -0.15) is 0 Å². The number of hydrogen-bond acceptors (Lipinski definition) is 3. The van der Waals surface area contributed by atoms with Crippen molar-refractivity contribution < 1.29 is 9.47 Å². The van der Waals surface area contributed by atoms with Crippen molar-refractivity contribution in [3.63, 3.8) is 0 Å². The minimum atomic E-state index is -0.0622. The van der Waals surface area contributed by atoms with Gasteiger partial charge < -0.3 is 15.2 Å². The molecule has 0 atom stereocenters. The normalized spacial score (nSPS) is 28.1. The standard InChI is InChI=1S/C11H21NO2/c12-9-11(5-7-13-8-6-11)14-10-3-1-2-4-10/h10H,1-9,12H2. The second-order valence-corrected chi connectivity index (χ2v) is 4.52. The molecule has 0 bridgehead atoms. The summed E-state index contributed by atoms with van der Waals surface area (Å²) in [6, 6.07) is 0. The van der Waals surface area contributed by atoms with Gasteiger partial charge in [-0.1, -0.05) is 12.8 Å². The summed E-state index contributed by atoms with van der Waals surface area (Å²) in [5.41, 5.74) is 5.77. The molecule has 2 aliphatic rings. The van der Waals surface area contributed by atoms with Gasteiger partial charge in [-0.3, -0.25) is 0 Å². The van der Waals surface area contributed by atoms with Crippen molar-refractivity contribution in [2.75, 3.05) is 19.8 Å². The number of hydrogen-bond donors (Lipinski definition) is 1. The van der Waals surface area contributed by atoms with E-state index in [4.69, 9.17) is 15.2 Å². The molecular formula is C11H21NO2. The van der Waals surface area contributed by atoms with Crippen LogP contribution in [0.4, 0.5) is 0 Å². The summed E-state index contributed by atoms with van der Waals surface area (Å²) in [6.45, 7) is 2.26. The van der Waals surface area contributed by atoms with Crippen LogP contribution in [0.5, 0.6) is 0 Å². The Morgan fingerprint density at radius 3 is 2.43 bits per heavy atom. The van der Waals surface area contributed by atoms with Gasteiger partial charge in [0, 0.05) is 32.6 Å². The molecule has 14 heavy (non-hydrogen) atoms. The lowest BCUT2D eigenvalue weighted by Gasteiger charge is -2.38. The molecule has 3 nitrogen and oxygen atoms in total. The molecule has 2 rings (SSSR count). The summed E-state index contributed by atoms with van der Waals surface area (Å²) in [4.78, 5) is 0. The van der Waals surface area contributed by atoms with Crippen molar-refractivity contribution in [2.45, 2.75) is 50.2 Å². The van der Waals surface area contributed by atoms with Gasteiger partial charge in [0.25, 0.3) is 0 Å². The van der Waals surface area contributed by atoms with E-state index >= 15 is 0 Å². The summed E-state index contributed by atoms with van der Waals surface area (Å²) in [6.07, 6.45) is 7.51. The molecule has 0 aromatic rings. The summed E-state index contributed by atoms with van der Waals surface area (Å²) < 4.78 is 11.5. The van der Waals surface area contributed by atoms with E-state index in [1.54, 1.807) is 0 Å². The molecule has 1 aliphatic heterocycles. The van der Waals surface area contributed by atoms with Crippen LogP contribution in [0, 0.1) is 0 Å². The molecule has 1 saturated heterocycles. The van der Waals surface area contributed by atoms with E-state index in [0.717, 1.165) is 26.1 Å². The van der Waals surface area contributed by atoms with Crippen molar-refractivity contribution >= 4 is 0 Å². The minimum absolute atomic E-state index is 0.0622. The Kier molecular flexibility index (Phi) is 3.42. The zero-order valence-corrected chi connectivity index (χ0v) is 8.84.